The number of carbonyl (C=O) groups is 2. The van der Waals surface area contributed by atoms with Gasteiger partial charge in [0, 0.05) is 28.9 Å². The summed E-state index contributed by atoms with van der Waals surface area (Å²) in [5.41, 5.74) is 16.7. The van der Waals surface area contributed by atoms with E-state index < -0.39 is 24.6 Å². The van der Waals surface area contributed by atoms with Crippen molar-refractivity contribution in [3.05, 3.63) is 53.1 Å². The third-order valence-corrected chi connectivity index (χ3v) is 8.08. The van der Waals surface area contributed by atoms with Crippen LogP contribution in [0, 0.1) is 12.3 Å². The van der Waals surface area contributed by atoms with Crippen molar-refractivity contribution >= 4 is 46.2 Å². The van der Waals surface area contributed by atoms with Crippen LogP contribution in [-0.2, 0) is 14.3 Å². The molecule has 0 aromatic heterocycles. The van der Waals surface area contributed by atoms with Crippen LogP contribution < -0.4 is 21.4 Å². The van der Waals surface area contributed by atoms with Crippen molar-refractivity contribution in [2.24, 2.45) is 26.2 Å². The molecule has 5 N–H and O–H groups in total. The molecule has 0 bridgehead atoms. The van der Waals surface area contributed by atoms with Gasteiger partial charge in [0.05, 0.1) is 11.4 Å². The molecule has 0 fully saturated rings. The Bertz CT molecular complexity index is 1520. The lowest BCUT2D eigenvalue weighted by Gasteiger charge is -2.48. The highest BCUT2D eigenvalue weighted by Crippen LogP contribution is 2.45. The van der Waals surface area contributed by atoms with Crippen LogP contribution in [0.1, 0.15) is 90.1 Å². The van der Waals surface area contributed by atoms with Gasteiger partial charge in [0.25, 0.3) is 0 Å². The van der Waals surface area contributed by atoms with Gasteiger partial charge in [-0.3, -0.25) is 10.2 Å². The van der Waals surface area contributed by atoms with Crippen LogP contribution in [0.4, 0.5) is 17.1 Å². The highest BCUT2D eigenvalue weighted by atomic mass is 16.5. The van der Waals surface area contributed by atoms with Gasteiger partial charge in [0.2, 0.25) is 5.91 Å². The number of amides is 1. The molecule has 1 amide bonds. The first-order valence-electron chi connectivity index (χ1n) is 15.5. The Hall–Kier alpha value is -4.09. The number of nitrogens with two attached hydrogens (primary N) is 1. The number of anilines is 2. The lowest BCUT2D eigenvalue weighted by atomic mass is 9.79. The van der Waals surface area contributed by atoms with Gasteiger partial charge in [0.1, 0.15) is 25.1 Å². The number of nitrogens with zero attached hydrogens (tertiary/aromatic N) is 4. The molecule has 2 aliphatic rings. The van der Waals surface area contributed by atoms with Gasteiger partial charge in [-0.1, -0.05) is 46.8 Å². The summed E-state index contributed by atoms with van der Waals surface area (Å²) in [5.74, 6) is -0.695. The molecule has 2 heterocycles. The van der Waals surface area contributed by atoms with Crippen LogP contribution in [0.3, 0.4) is 0 Å². The van der Waals surface area contributed by atoms with Crippen molar-refractivity contribution in [1.82, 2.24) is 5.43 Å². The van der Waals surface area contributed by atoms with E-state index in [1.165, 1.54) is 11.3 Å². The molecule has 2 aromatic carbocycles. The van der Waals surface area contributed by atoms with E-state index in [0.717, 1.165) is 41.9 Å². The van der Waals surface area contributed by atoms with Crippen molar-refractivity contribution in [3.63, 3.8) is 0 Å². The second kappa shape index (κ2) is 13.5. The molecule has 11 heteroatoms. The maximum Gasteiger partial charge on any atom is 0.329 e. The Morgan fingerprint density at radius 3 is 2.53 bits per heavy atom. The summed E-state index contributed by atoms with van der Waals surface area (Å²) >= 11 is 0. The van der Waals surface area contributed by atoms with Crippen LogP contribution in [0.25, 0.3) is 0 Å². The SMILES string of the molecule is CCCN1c2cc(C)c(N=C3C(=NC(N)c4ccc(NC(=O)COCC(=O)O)cc4)NN=C3C(C)(C)C)cc2C(C)CC1(C)C. The van der Waals surface area contributed by atoms with E-state index in [1.54, 1.807) is 24.3 Å². The fraction of sp³-hybridized carbons (Fsp3) is 0.500. The van der Waals surface area contributed by atoms with Crippen molar-refractivity contribution in [3.8, 4) is 0 Å². The largest absolute Gasteiger partial charge is 0.480 e. The van der Waals surface area contributed by atoms with Crippen LogP contribution in [0.15, 0.2) is 51.5 Å². The van der Waals surface area contributed by atoms with Crippen LogP contribution in [0.5, 0.6) is 0 Å². The summed E-state index contributed by atoms with van der Waals surface area (Å²) < 4.78 is 4.83. The topological polar surface area (TPSA) is 154 Å². The molecule has 4 rings (SSSR count). The average molecular weight is 618 g/mol. The number of carboxylic acids is 1. The molecular formula is C34H47N7O4. The average Bonchev–Trinajstić information content (AvgIpc) is 3.34. The molecule has 0 saturated heterocycles. The van der Waals surface area contributed by atoms with E-state index in [4.69, 9.17) is 25.6 Å². The second-order valence-corrected chi connectivity index (χ2v) is 13.5. The predicted molar refractivity (Wildman–Crippen MR) is 181 cm³/mol. The Labute approximate surface area is 266 Å². The van der Waals surface area contributed by atoms with E-state index in [9.17, 15) is 9.59 Å². The Morgan fingerprint density at radius 1 is 1.22 bits per heavy atom. The van der Waals surface area contributed by atoms with Gasteiger partial charge >= 0.3 is 5.97 Å². The number of amidine groups is 1. The summed E-state index contributed by atoms with van der Waals surface area (Å²) in [7, 11) is 0. The minimum absolute atomic E-state index is 0.0832. The number of fused-ring (bicyclic) bond motifs is 1. The number of benzene rings is 2. The van der Waals surface area contributed by atoms with Crippen molar-refractivity contribution in [2.75, 3.05) is 30.0 Å². The monoisotopic (exact) mass is 617 g/mol. The van der Waals surface area contributed by atoms with Crippen LogP contribution in [0.2, 0.25) is 0 Å². The maximum absolute atomic E-state index is 12.0. The highest BCUT2D eigenvalue weighted by molar-refractivity contribution is 6.71. The first-order valence-corrected chi connectivity index (χ1v) is 15.5. The molecule has 2 aromatic rings. The first kappa shape index (κ1) is 33.8. The van der Waals surface area contributed by atoms with Gasteiger partial charge in [0.15, 0.2) is 5.84 Å². The van der Waals surface area contributed by atoms with Crippen molar-refractivity contribution < 1.29 is 19.4 Å². The van der Waals surface area contributed by atoms with E-state index in [1.807, 2.05) is 0 Å². The molecule has 0 aliphatic carbocycles. The summed E-state index contributed by atoms with van der Waals surface area (Å²) in [5, 5.41) is 15.9. The van der Waals surface area contributed by atoms with Gasteiger partial charge < -0.3 is 25.8 Å². The fourth-order valence-corrected chi connectivity index (χ4v) is 5.96. The van der Waals surface area contributed by atoms with Crippen LogP contribution in [-0.4, -0.2) is 59.5 Å². The number of carbonyl (C=O) groups excluding carboxylic acids is 1. The Kier molecular flexibility index (Phi) is 10.1. The standard InChI is InChI=1S/C34H47N7O4/c1-9-14-41-26-15-20(2)25(16-24(26)21(3)17-34(41,7)8)37-29-30(33(4,5)6)39-40-32(29)38-31(35)22-10-12-23(13-11-22)36-27(42)18-45-19-28(43)44/h10-13,15-16,21,31H,9,14,17-19,35H2,1-8H3,(H,36,42)(H,43,44)(H,37,38,40). The second-order valence-electron chi connectivity index (χ2n) is 13.5. The number of hydrogen-bond acceptors (Lipinski definition) is 8. The third kappa shape index (κ3) is 7.96. The quantitative estimate of drug-likeness (QED) is 0.268. The number of aliphatic imine (C=N–C) groups is 2. The minimum Gasteiger partial charge on any atom is -0.480 e. The van der Waals surface area contributed by atoms with Gasteiger partial charge in [-0.05, 0) is 80.5 Å². The maximum atomic E-state index is 12.0. The minimum atomic E-state index is -1.14. The number of hydrogen-bond donors (Lipinski definition) is 4. The Morgan fingerprint density at radius 2 is 1.91 bits per heavy atom. The Balaban J connectivity index is 1.62. The normalized spacial score (nSPS) is 20.1. The third-order valence-electron chi connectivity index (χ3n) is 8.08. The summed E-state index contributed by atoms with van der Waals surface area (Å²) in [6.45, 7) is 17.7. The molecule has 0 saturated carbocycles. The van der Waals surface area contributed by atoms with Gasteiger partial charge in [-0.15, -0.1) is 0 Å². The molecule has 242 valence electrons. The van der Waals surface area contributed by atoms with Crippen molar-refractivity contribution in [2.45, 2.75) is 85.9 Å². The lowest BCUT2D eigenvalue weighted by molar-refractivity contribution is -0.143. The summed E-state index contributed by atoms with van der Waals surface area (Å²) in [6, 6.07) is 11.5. The molecule has 45 heavy (non-hydrogen) atoms. The molecular weight excluding hydrogens is 570 g/mol. The van der Waals surface area contributed by atoms with E-state index in [-0.39, 0.29) is 17.6 Å². The summed E-state index contributed by atoms with van der Waals surface area (Å²) in [4.78, 5) is 35.1. The number of ether oxygens (including phenoxy) is 1. The number of rotatable bonds is 10. The molecule has 0 radical (unpaired) electrons. The van der Waals surface area contributed by atoms with E-state index >= 15 is 0 Å². The lowest BCUT2D eigenvalue weighted by Crippen LogP contribution is -2.48. The zero-order chi connectivity index (χ0) is 33.1. The molecule has 0 spiro atoms. The number of aliphatic carboxylic acids is 1. The van der Waals surface area contributed by atoms with Crippen LogP contribution >= 0.6 is 0 Å². The van der Waals surface area contributed by atoms with Crippen molar-refractivity contribution in [1.29, 1.82) is 0 Å². The predicted octanol–water partition coefficient (Wildman–Crippen LogP) is 5.67. The fourth-order valence-electron chi connectivity index (χ4n) is 5.96. The number of nitrogens with one attached hydrogen (secondary N) is 2. The van der Waals surface area contributed by atoms with Gasteiger partial charge in [-0.2, -0.15) is 5.10 Å². The number of carboxylic acid groups (broad SMARTS) is 1. The molecule has 2 aliphatic heterocycles. The smallest absolute Gasteiger partial charge is 0.329 e. The highest BCUT2D eigenvalue weighted by Gasteiger charge is 2.37. The zero-order valence-electron chi connectivity index (χ0n) is 27.7. The molecule has 2 atom stereocenters. The van der Waals surface area contributed by atoms with E-state index in [0.29, 0.717) is 23.2 Å². The summed E-state index contributed by atoms with van der Waals surface area (Å²) in [6.07, 6.45) is 1.43. The molecule has 11 nitrogen and oxygen atoms in total. The number of hydrazone groups is 1. The van der Waals surface area contributed by atoms with E-state index in [2.05, 4.69) is 88.3 Å². The van der Waals surface area contributed by atoms with Gasteiger partial charge in [-0.25, -0.2) is 14.8 Å². The zero-order valence-corrected chi connectivity index (χ0v) is 27.7. The first-order chi connectivity index (χ1) is 21.1. The molecule has 2 unspecified atom stereocenters. The number of aryl methyl sites for hydroxylation is 1.